The van der Waals surface area contributed by atoms with Crippen molar-refractivity contribution in [1.29, 1.82) is 0 Å². The molecule has 0 aromatic carbocycles. The second-order valence-electron chi connectivity index (χ2n) is 10.5. The molecular formula is C37H40BBrCl2N8NaO5S. The summed E-state index contributed by atoms with van der Waals surface area (Å²) < 4.78 is 19.3. The van der Waals surface area contributed by atoms with Crippen LogP contribution in [-0.2, 0) is 31.7 Å². The van der Waals surface area contributed by atoms with Crippen LogP contribution in [-0.4, -0.2) is 64.0 Å². The Bertz CT molecular complexity index is 1950. The summed E-state index contributed by atoms with van der Waals surface area (Å²) in [5.74, 6) is -0.486. The summed E-state index contributed by atoms with van der Waals surface area (Å²) in [6, 6.07) is 7.05. The molecule has 0 atom stereocenters. The molecule has 289 valence electrons. The van der Waals surface area contributed by atoms with Crippen molar-refractivity contribution in [2.45, 2.75) is 60.5 Å². The Hall–Kier alpha value is -3.78. The van der Waals surface area contributed by atoms with E-state index in [1.54, 1.807) is 31.5 Å². The van der Waals surface area contributed by atoms with E-state index in [1.807, 2.05) is 32.9 Å². The summed E-state index contributed by atoms with van der Waals surface area (Å²) in [6.45, 7) is 38.4. The van der Waals surface area contributed by atoms with Gasteiger partial charge >= 0.3 is 35.5 Å². The predicted octanol–water partition coefficient (Wildman–Crippen LogP) is 6.94. The average molecular weight is 893 g/mol. The van der Waals surface area contributed by atoms with Gasteiger partial charge in [0.1, 0.15) is 10.3 Å². The first-order valence-corrected chi connectivity index (χ1v) is 19.3. The molecule has 0 amide bonds. The molecule has 13 nitrogen and oxygen atoms in total. The van der Waals surface area contributed by atoms with Crippen molar-refractivity contribution >= 4 is 83.7 Å². The van der Waals surface area contributed by atoms with Gasteiger partial charge in [0.2, 0.25) is 32.0 Å². The maximum absolute atomic E-state index is 11.0. The molecule has 1 fully saturated rings. The summed E-state index contributed by atoms with van der Waals surface area (Å²) in [4.78, 5) is 39.8. The minimum absolute atomic E-state index is 0. The molecule has 56 heavy (non-hydrogen) atoms. The normalized spacial score (nSPS) is 10.1. The quantitative estimate of drug-likeness (QED) is 0.0762. The molecule has 1 N–H and O–H groups in total. The van der Waals surface area contributed by atoms with Gasteiger partial charge in [0.25, 0.3) is 0 Å². The SMILES string of the molecule is C1CCOC1.O=S(Cl)Cl.[B].[C-]#[N+]c1cnc(Br)cc1C.[C-]#[N+]c1cnc(C(=O)OC)cc1C.[C-]#[N+]c1cnc(CC)cc1C.[C-]#[N+]c1cnc(CO)cc1C.[H-].[Na+]. The van der Waals surface area contributed by atoms with E-state index >= 15 is 0 Å². The van der Waals surface area contributed by atoms with Crippen molar-refractivity contribution < 1.29 is 54.6 Å². The van der Waals surface area contributed by atoms with Crippen molar-refractivity contribution in [3.05, 3.63) is 139 Å². The van der Waals surface area contributed by atoms with Crippen molar-refractivity contribution in [2.75, 3.05) is 20.3 Å². The smallest absolute Gasteiger partial charge is 1.00 e. The number of esters is 1. The van der Waals surface area contributed by atoms with Gasteiger partial charge in [0.05, 0.1) is 45.7 Å². The molecule has 3 radical (unpaired) electrons. The second-order valence-corrected chi connectivity index (χ2v) is 13.9. The van der Waals surface area contributed by atoms with Crippen LogP contribution in [0.2, 0.25) is 0 Å². The summed E-state index contributed by atoms with van der Waals surface area (Å²) in [7, 11) is 8.65. The number of aromatic nitrogens is 4. The molecule has 0 saturated carbocycles. The predicted molar refractivity (Wildman–Crippen MR) is 222 cm³/mol. The number of ether oxygens (including phenoxy) is 2. The molecule has 0 unspecified atom stereocenters. The maximum Gasteiger partial charge on any atom is 1.00 e. The van der Waals surface area contributed by atoms with Crippen LogP contribution < -0.4 is 29.6 Å². The molecule has 0 aliphatic carbocycles. The zero-order valence-electron chi connectivity index (χ0n) is 33.1. The fourth-order valence-corrected chi connectivity index (χ4v) is 4.20. The Morgan fingerprint density at radius 3 is 1.50 bits per heavy atom. The number of aliphatic hydroxyl groups excluding tert-OH is 1. The van der Waals surface area contributed by atoms with Gasteiger partial charge in [-0.1, -0.05) is 6.92 Å². The first-order chi connectivity index (χ1) is 25.7. The van der Waals surface area contributed by atoms with Gasteiger partial charge < -0.3 is 16.0 Å². The minimum Gasteiger partial charge on any atom is -1.00 e. The van der Waals surface area contributed by atoms with Crippen LogP contribution in [0, 0.1) is 54.0 Å². The van der Waals surface area contributed by atoms with E-state index in [0.717, 1.165) is 52.2 Å². The van der Waals surface area contributed by atoms with E-state index in [2.05, 4.69) is 88.3 Å². The van der Waals surface area contributed by atoms with E-state index in [4.69, 9.17) is 40.3 Å². The fourth-order valence-electron chi connectivity index (χ4n) is 3.75. The van der Waals surface area contributed by atoms with Crippen LogP contribution in [0.1, 0.15) is 65.3 Å². The summed E-state index contributed by atoms with van der Waals surface area (Å²) in [5, 5.41) is 8.69. The average Bonchev–Trinajstić information content (AvgIpc) is 3.76. The maximum atomic E-state index is 11.0. The first-order valence-electron chi connectivity index (χ1n) is 15.7. The van der Waals surface area contributed by atoms with Crippen molar-refractivity contribution in [1.82, 2.24) is 19.9 Å². The topological polar surface area (TPSA) is 142 Å². The molecular weight excluding hydrogens is 853 g/mol. The summed E-state index contributed by atoms with van der Waals surface area (Å²) in [5.41, 5.74) is 7.71. The largest absolute Gasteiger partial charge is 1.00 e. The summed E-state index contributed by atoms with van der Waals surface area (Å²) >= 11 is 3.21. The van der Waals surface area contributed by atoms with Crippen LogP contribution in [0.3, 0.4) is 0 Å². The Morgan fingerprint density at radius 1 is 0.804 bits per heavy atom. The van der Waals surface area contributed by atoms with E-state index in [0.29, 0.717) is 28.4 Å². The number of aliphatic hydroxyl groups is 1. The fraction of sp³-hybridized carbons (Fsp3) is 0.324. The van der Waals surface area contributed by atoms with Gasteiger partial charge in [-0.2, -0.15) is 0 Å². The molecule has 5 rings (SSSR count). The van der Waals surface area contributed by atoms with Crippen LogP contribution in [0.25, 0.3) is 19.4 Å². The van der Waals surface area contributed by atoms with Gasteiger partial charge in [-0.15, -0.1) is 0 Å². The van der Waals surface area contributed by atoms with E-state index in [9.17, 15) is 4.79 Å². The van der Waals surface area contributed by atoms with Gasteiger partial charge in [-0.05, 0) is 109 Å². The zero-order chi connectivity index (χ0) is 41.1. The molecule has 1 saturated heterocycles. The number of pyridine rings is 4. The number of aryl methyl sites for hydroxylation is 5. The van der Waals surface area contributed by atoms with Crippen molar-refractivity contribution in [3.63, 3.8) is 0 Å². The van der Waals surface area contributed by atoms with E-state index in [1.165, 1.54) is 32.3 Å². The Balaban J connectivity index is -0.000000302. The molecule has 0 spiro atoms. The molecule has 4 aromatic heterocycles. The third-order valence-electron chi connectivity index (χ3n) is 6.64. The van der Waals surface area contributed by atoms with Gasteiger partial charge in [0.15, 0.2) is 0 Å². The van der Waals surface area contributed by atoms with E-state index < -0.39 is 15.2 Å². The third-order valence-corrected chi connectivity index (χ3v) is 7.07. The molecule has 19 heteroatoms. The number of halogens is 3. The molecule has 4 aromatic rings. The Kier molecular flexibility index (Phi) is 33.7. The van der Waals surface area contributed by atoms with Gasteiger partial charge in [0, 0.05) is 73.5 Å². The second kappa shape index (κ2) is 33.4. The first kappa shape index (κ1) is 56.6. The number of rotatable bonds is 3. The number of carbonyl (C=O) groups excluding carboxylic acids is 1. The third kappa shape index (κ3) is 24.0. The van der Waals surface area contributed by atoms with Crippen LogP contribution in [0.5, 0.6) is 0 Å². The number of carbonyl (C=O) groups is 1. The standard InChI is InChI=1S/C9H8N2O2.C9H10N2.C8H8N2O.C7H5BrN2.C4H8O.B.Cl2OS.Na.H/c1-6-4-7(9(12)13-3)11-5-8(6)10-2;1-4-8-5-7(2)9(10-3)6-11-8;1-6-3-7(5-11)10-4-8(6)9-2;1-5-3-7(8)10-4-6(5)9-2;1-2-4-5-3-1;;1-4(2)3;;/h4-5H,1,3H3;5-6H,4H2,1-2H3;3-4,11H,5H2,1H3;3-4H,1H3;1-4H2;;;;/q;;;;;;;+1;-1. The monoisotopic (exact) mass is 891 g/mol. The van der Waals surface area contributed by atoms with E-state index in [-0.39, 0.29) is 51.7 Å². The number of hydrogen-bond acceptors (Lipinski definition) is 9. The van der Waals surface area contributed by atoms with Crippen molar-refractivity contribution in [3.8, 4) is 0 Å². The minimum atomic E-state index is -1.67. The number of nitrogens with zero attached hydrogens (tertiary/aromatic N) is 8. The summed E-state index contributed by atoms with van der Waals surface area (Å²) in [6.07, 6.45) is 9.54. The number of methoxy groups -OCH3 is 1. The van der Waals surface area contributed by atoms with Crippen LogP contribution >= 0.6 is 37.3 Å². The Morgan fingerprint density at radius 2 is 1.18 bits per heavy atom. The molecule has 1 aliphatic rings. The van der Waals surface area contributed by atoms with Gasteiger partial charge in [-0.25, -0.2) is 28.4 Å². The molecule has 0 bridgehead atoms. The van der Waals surface area contributed by atoms with Crippen molar-refractivity contribution in [2.24, 2.45) is 0 Å². The van der Waals surface area contributed by atoms with Crippen LogP contribution in [0.4, 0.5) is 22.7 Å². The van der Waals surface area contributed by atoms with Crippen LogP contribution in [0.15, 0.2) is 53.7 Å². The number of hydrogen-bond donors (Lipinski definition) is 1. The zero-order valence-corrected chi connectivity index (χ0v) is 38.1. The molecule has 1 aliphatic heterocycles. The molecule has 5 heterocycles. The van der Waals surface area contributed by atoms with Gasteiger partial charge in [-0.3, -0.25) is 19.9 Å². The Labute approximate surface area is 374 Å².